The minimum atomic E-state index is -3.83. The highest BCUT2D eigenvalue weighted by atomic mass is 32.2. The summed E-state index contributed by atoms with van der Waals surface area (Å²) in [5.41, 5.74) is 10.7. The molecule has 3 aromatic rings. The molecule has 0 heterocycles. The number of nitrogens with two attached hydrogens (primary N) is 2. The van der Waals surface area contributed by atoms with E-state index >= 15 is 0 Å². The van der Waals surface area contributed by atoms with Gasteiger partial charge in [0, 0.05) is 24.0 Å². The number of amidine groups is 1. The van der Waals surface area contributed by atoms with Gasteiger partial charge in [-0.25, -0.2) is 13.6 Å². The van der Waals surface area contributed by atoms with Crippen molar-refractivity contribution in [3.8, 4) is 11.1 Å². The van der Waals surface area contributed by atoms with Crippen molar-refractivity contribution >= 4 is 21.6 Å². The molecule has 7 heteroatoms. The molecule has 5 N–H and O–H groups in total. The number of hydrogen-bond acceptors (Lipinski definition) is 4. The van der Waals surface area contributed by atoms with Crippen LogP contribution in [-0.2, 0) is 27.7 Å². The van der Waals surface area contributed by atoms with Crippen molar-refractivity contribution in [1.82, 2.24) is 0 Å². The largest absolute Gasteiger partial charge is 0.384 e. The predicted octanol–water partition coefficient (Wildman–Crippen LogP) is 4.12. The number of nitrogen functional groups attached to an aromatic ring is 1. The summed E-state index contributed by atoms with van der Waals surface area (Å²) in [4.78, 5) is 12.5. The third-order valence-corrected chi connectivity index (χ3v) is 6.66. The zero-order chi connectivity index (χ0) is 24.0. The summed E-state index contributed by atoms with van der Waals surface area (Å²) < 4.78 is 23.9. The number of carbonyl (C=O) groups excluding carboxylic acids is 1. The molecule has 3 aromatic carbocycles. The summed E-state index contributed by atoms with van der Waals surface area (Å²) in [5, 5.41) is 12.9. The molecule has 0 unspecified atom stereocenters. The summed E-state index contributed by atoms with van der Waals surface area (Å²) in [6.07, 6.45) is 2.99. The van der Waals surface area contributed by atoms with Crippen LogP contribution in [0.1, 0.15) is 41.5 Å². The maximum atomic E-state index is 12.4. The lowest BCUT2D eigenvalue weighted by atomic mass is 9.95. The second kappa shape index (κ2) is 10.6. The fourth-order valence-electron chi connectivity index (χ4n) is 3.84. The Bertz CT molecular complexity index is 1280. The van der Waals surface area contributed by atoms with Crippen molar-refractivity contribution in [3.05, 3.63) is 89.0 Å². The molecule has 3 rings (SSSR count). The van der Waals surface area contributed by atoms with Crippen LogP contribution in [0.3, 0.4) is 0 Å². The molecule has 0 spiro atoms. The van der Waals surface area contributed by atoms with Crippen LogP contribution >= 0.6 is 0 Å². The monoisotopic (exact) mass is 463 g/mol. The second-order valence-corrected chi connectivity index (χ2v) is 9.72. The van der Waals surface area contributed by atoms with Crippen molar-refractivity contribution < 1.29 is 13.2 Å². The molecule has 0 radical (unpaired) electrons. The van der Waals surface area contributed by atoms with Gasteiger partial charge in [0.2, 0.25) is 10.0 Å². The van der Waals surface area contributed by atoms with Gasteiger partial charge in [-0.05, 0) is 60.6 Å². The summed E-state index contributed by atoms with van der Waals surface area (Å²) >= 11 is 0. The number of primary sulfonamides is 1. The molecule has 0 saturated carbocycles. The van der Waals surface area contributed by atoms with E-state index < -0.39 is 10.0 Å². The average Bonchev–Trinajstić information content (AvgIpc) is 2.78. The van der Waals surface area contributed by atoms with E-state index in [1.54, 1.807) is 24.3 Å². The molecule has 0 bridgehead atoms. The van der Waals surface area contributed by atoms with Crippen LogP contribution in [-0.4, -0.2) is 20.0 Å². The Morgan fingerprint density at radius 3 is 2.42 bits per heavy atom. The third-order valence-electron chi connectivity index (χ3n) is 5.69. The van der Waals surface area contributed by atoms with E-state index in [0.29, 0.717) is 36.8 Å². The fraction of sp³-hybridized carbons (Fsp3) is 0.231. The molecule has 0 aliphatic rings. The number of sulfonamides is 1. The number of benzene rings is 3. The van der Waals surface area contributed by atoms with Crippen LogP contribution in [0, 0.1) is 12.3 Å². The number of rotatable bonds is 10. The molecule has 0 aromatic heterocycles. The molecule has 0 aliphatic heterocycles. The second-order valence-electron chi connectivity index (χ2n) is 8.19. The Morgan fingerprint density at radius 2 is 1.70 bits per heavy atom. The Labute approximate surface area is 195 Å². The van der Waals surface area contributed by atoms with Crippen molar-refractivity contribution in [2.45, 2.75) is 43.9 Å². The van der Waals surface area contributed by atoms with E-state index in [9.17, 15) is 13.2 Å². The van der Waals surface area contributed by atoms with E-state index in [2.05, 4.69) is 0 Å². The van der Waals surface area contributed by atoms with Gasteiger partial charge in [-0.1, -0.05) is 54.6 Å². The summed E-state index contributed by atoms with van der Waals surface area (Å²) in [5.74, 6) is 0.212. The lowest BCUT2D eigenvalue weighted by Gasteiger charge is -2.12. The van der Waals surface area contributed by atoms with E-state index in [1.807, 2.05) is 43.3 Å². The number of Topliss-reactive ketones (excluding diaryl/α,β-unsaturated/α-hetero) is 1. The minimum Gasteiger partial charge on any atom is -0.384 e. The first-order valence-electron chi connectivity index (χ1n) is 10.8. The molecule has 0 saturated heterocycles. The van der Waals surface area contributed by atoms with Crippen molar-refractivity contribution in [2.24, 2.45) is 10.9 Å². The van der Waals surface area contributed by atoms with Crippen molar-refractivity contribution in [3.63, 3.8) is 0 Å². The molecule has 0 fully saturated rings. The number of carbonyl (C=O) groups is 1. The van der Waals surface area contributed by atoms with E-state index in [4.69, 9.17) is 16.3 Å². The van der Waals surface area contributed by atoms with Crippen molar-refractivity contribution in [2.75, 3.05) is 0 Å². The number of ketones is 1. The van der Waals surface area contributed by atoms with Crippen LogP contribution in [0.15, 0.2) is 71.6 Å². The highest BCUT2D eigenvalue weighted by molar-refractivity contribution is 7.89. The predicted molar refractivity (Wildman–Crippen MR) is 132 cm³/mol. The first-order chi connectivity index (χ1) is 15.6. The highest BCUT2D eigenvalue weighted by Crippen LogP contribution is 2.28. The van der Waals surface area contributed by atoms with Crippen LogP contribution in [0.4, 0.5) is 0 Å². The normalized spacial score (nSPS) is 11.3. The van der Waals surface area contributed by atoms with Gasteiger partial charge < -0.3 is 5.73 Å². The SMILES string of the molecule is Cc1ccc(-c2ccccc2S(N)(=O)=O)cc1CCCC(=O)CCc1cccc(C(=N)N)c1. The molecule has 0 aliphatic carbocycles. The number of hydrogen-bond donors (Lipinski definition) is 3. The third kappa shape index (κ3) is 6.60. The zero-order valence-corrected chi connectivity index (χ0v) is 19.5. The van der Waals surface area contributed by atoms with Crippen LogP contribution in [0.2, 0.25) is 0 Å². The van der Waals surface area contributed by atoms with Crippen LogP contribution < -0.4 is 10.9 Å². The highest BCUT2D eigenvalue weighted by Gasteiger charge is 2.15. The maximum absolute atomic E-state index is 12.4. The molecule has 0 atom stereocenters. The van der Waals surface area contributed by atoms with Gasteiger partial charge >= 0.3 is 0 Å². The van der Waals surface area contributed by atoms with Gasteiger partial charge in [-0.15, -0.1) is 0 Å². The smallest absolute Gasteiger partial charge is 0.238 e. The molecular weight excluding hydrogens is 434 g/mol. The Hall–Kier alpha value is -3.29. The molecule has 33 heavy (non-hydrogen) atoms. The molecule has 0 amide bonds. The number of nitrogens with one attached hydrogen (secondary N) is 1. The Balaban J connectivity index is 1.62. The topological polar surface area (TPSA) is 127 Å². The minimum absolute atomic E-state index is 0.0208. The standard InChI is InChI=1S/C26H29N3O3S/c1-18-12-14-21(24-10-2-3-11-25(24)33(29,31)32)17-20(18)7-5-9-23(30)15-13-19-6-4-8-22(16-19)26(27)28/h2-4,6,8,10-12,14,16-17H,5,7,9,13,15H2,1H3,(H3,27,28)(H2,29,31,32). The number of aryl methyl sites for hydroxylation is 3. The molecule has 172 valence electrons. The lowest BCUT2D eigenvalue weighted by molar-refractivity contribution is -0.119. The zero-order valence-electron chi connectivity index (χ0n) is 18.7. The molecular formula is C26H29N3O3S. The summed E-state index contributed by atoms with van der Waals surface area (Å²) in [6, 6.07) is 20.0. The van der Waals surface area contributed by atoms with Gasteiger partial charge in [0.05, 0.1) is 4.90 Å². The Morgan fingerprint density at radius 1 is 0.939 bits per heavy atom. The quantitative estimate of drug-likeness (QED) is 0.309. The van der Waals surface area contributed by atoms with Gasteiger partial charge in [0.25, 0.3) is 0 Å². The van der Waals surface area contributed by atoms with Crippen molar-refractivity contribution in [1.29, 1.82) is 5.41 Å². The fourth-order valence-corrected chi connectivity index (χ4v) is 4.60. The summed E-state index contributed by atoms with van der Waals surface area (Å²) in [7, 11) is -3.83. The molecule has 6 nitrogen and oxygen atoms in total. The first-order valence-corrected chi connectivity index (χ1v) is 12.4. The van der Waals surface area contributed by atoms with Gasteiger partial charge in [-0.3, -0.25) is 10.2 Å². The average molecular weight is 464 g/mol. The maximum Gasteiger partial charge on any atom is 0.238 e. The first kappa shape index (κ1) is 24.4. The van der Waals surface area contributed by atoms with Gasteiger partial charge in [0.15, 0.2) is 0 Å². The summed E-state index contributed by atoms with van der Waals surface area (Å²) in [6.45, 7) is 2.01. The van der Waals surface area contributed by atoms with Gasteiger partial charge in [-0.2, -0.15) is 0 Å². The van der Waals surface area contributed by atoms with E-state index in [-0.39, 0.29) is 16.5 Å². The van der Waals surface area contributed by atoms with Gasteiger partial charge in [0.1, 0.15) is 11.6 Å². The van der Waals surface area contributed by atoms with E-state index in [1.165, 1.54) is 6.07 Å². The van der Waals surface area contributed by atoms with Crippen LogP contribution in [0.5, 0.6) is 0 Å². The van der Waals surface area contributed by atoms with Crippen LogP contribution in [0.25, 0.3) is 11.1 Å². The Kier molecular flexibility index (Phi) is 7.79. The van der Waals surface area contributed by atoms with E-state index in [0.717, 1.165) is 28.7 Å². The lowest BCUT2D eigenvalue weighted by Crippen LogP contribution is -2.13.